The van der Waals surface area contributed by atoms with E-state index in [2.05, 4.69) is 4.28 Å². The Morgan fingerprint density at radius 1 is 1.50 bits per heavy atom. The molecule has 0 aromatic heterocycles. The molecule has 0 bridgehead atoms. The Labute approximate surface area is 85.2 Å². The van der Waals surface area contributed by atoms with E-state index in [1.165, 1.54) is 12.1 Å². The van der Waals surface area contributed by atoms with Crippen LogP contribution in [0.4, 0.5) is 0 Å². The van der Waals surface area contributed by atoms with Crippen molar-refractivity contribution >= 4 is 17.8 Å². The first-order chi connectivity index (χ1) is 6.65. The Balaban J connectivity index is 2.51. The SMILES string of the molecule is CN(OS(=O)O)N(C=O)C1CCCC1. The van der Waals surface area contributed by atoms with Crippen LogP contribution in [-0.4, -0.2) is 38.4 Å². The molecule has 82 valence electrons. The second-order valence-corrected chi connectivity index (χ2v) is 3.76. The summed E-state index contributed by atoms with van der Waals surface area (Å²) in [6.45, 7) is 0. The summed E-state index contributed by atoms with van der Waals surface area (Å²) >= 11 is -2.39. The summed E-state index contributed by atoms with van der Waals surface area (Å²) in [5, 5.41) is 2.32. The number of hydrogen-bond donors (Lipinski definition) is 1. The van der Waals surface area contributed by atoms with Crippen LogP contribution in [-0.2, 0) is 20.4 Å². The number of rotatable bonds is 5. The van der Waals surface area contributed by atoms with Gasteiger partial charge in [0.25, 0.3) is 0 Å². The summed E-state index contributed by atoms with van der Waals surface area (Å²) in [4.78, 5) is 10.7. The smallest absolute Gasteiger partial charge is 0.283 e. The van der Waals surface area contributed by atoms with Crippen molar-refractivity contribution in [3.8, 4) is 0 Å². The van der Waals surface area contributed by atoms with Crippen molar-refractivity contribution in [2.45, 2.75) is 31.7 Å². The molecule has 1 amide bonds. The summed E-state index contributed by atoms with van der Waals surface area (Å²) in [5.41, 5.74) is 0. The number of hydrogen-bond acceptors (Lipinski definition) is 4. The lowest BCUT2D eigenvalue weighted by Gasteiger charge is -2.30. The summed E-state index contributed by atoms with van der Waals surface area (Å²) in [6, 6.07) is 0.0843. The van der Waals surface area contributed by atoms with Gasteiger partial charge in [0, 0.05) is 7.05 Å². The van der Waals surface area contributed by atoms with Gasteiger partial charge in [0.15, 0.2) is 0 Å². The molecule has 0 aromatic carbocycles. The fourth-order valence-corrected chi connectivity index (χ4v) is 1.94. The number of amides is 1. The third kappa shape index (κ3) is 3.02. The number of carbonyl (C=O) groups is 1. The molecule has 1 saturated carbocycles. The van der Waals surface area contributed by atoms with Gasteiger partial charge in [0.05, 0.1) is 6.04 Å². The minimum absolute atomic E-state index is 0.0843. The van der Waals surface area contributed by atoms with Gasteiger partial charge in [-0.1, -0.05) is 18.0 Å². The standard InChI is InChI=1S/C7H14N2O4S/c1-8(13-14(11)12)9(6-10)7-4-2-3-5-7/h6-7H,2-5H2,1H3,(H,11,12). The third-order valence-corrected chi connectivity index (χ3v) is 2.65. The highest BCUT2D eigenvalue weighted by Crippen LogP contribution is 2.23. The van der Waals surface area contributed by atoms with E-state index in [0.29, 0.717) is 6.41 Å². The molecule has 1 atom stereocenters. The summed E-state index contributed by atoms with van der Waals surface area (Å²) in [6.07, 6.45) is 4.58. The average molecular weight is 222 g/mol. The van der Waals surface area contributed by atoms with E-state index >= 15 is 0 Å². The normalized spacial score (nSPS) is 19.9. The lowest BCUT2D eigenvalue weighted by atomic mass is 10.2. The van der Waals surface area contributed by atoms with Crippen molar-refractivity contribution in [1.29, 1.82) is 0 Å². The molecule has 1 fully saturated rings. The molecular weight excluding hydrogens is 208 g/mol. The highest BCUT2D eigenvalue weighted by Gasteiger charge is 2.25. The molecular formula is C7H14N2O4S. The van der Waals surface area contributed by atoms with Crippen molar-refractivity contribution in [3.05, 3.63) is 0 Å². The Bertz CT molecular complexity index is 220. The first-order valence-electron chi connectivity index (χ1n) is 4.41. The lowest BCUT2D eigenvalue weighted by molar-refractivity contribution is -0.206. The number of hydroxylamine groups is 1. The Morgan fingerprint density at radius 3 is 2.50 bits per heavy atom. The van der Waals surface area contributed by atoms with Crippen LogP contribution in [0.3, 0.4) is 0 Å². The van der Waals surface area contributed by atoms with Crippen molar-refractivity contribution in [2.24, 2.45) is 0 Å². The van der Waals surface area contributed by atoms with E-state index in [9.17, 15) is 9.00 Å². The van der Waals surface area contributed by atoms with Crippen LogP contribution in [0.25, 0.3) is 0 Å². The number of carbonyl (C=O) groups excluding carboxylic acids is 1. The van der Waals surface area contributed by atoms with Crippen LogP contribution in [0.5, 0.6) is 0 Å². The molecule has 0 spiro atoms. The van der Waals surface area contributed by atoms with E-state index < -0.39 is 11.4 Å². The number of nitrogens with zero attached hydrogens (tertiary/aromatic N) is 2. The lowest BCUT2D eigenvalue weighted by Crippen LogP contribution is -2.44. The molecule has 7 heteroatoms. The predicted octanol–water partition coefficient (Wildman–Crippen LogP) is 0.302. The Hall–Kier alpha value is -0.500. The first kappa shape index (κ1) is 11.6. The molecule has 0 saturated heterocycles. The third-order valence-electron chi connectivity index (χ3n) is 2.30. The van der Waals surface area contributed by atoms with Gasteiger partial charge in [-0.3, -0.25) is 14.4 Å². The largest absolute Gasteiger partial charge is 0.321 e. The maximum Gasteiger partial charge on any atom is 0.321 e. The molecule has 0 aliphatic heterocycles. The van der Waals surface area contributed by atoms with Gasteiger partial charge in [-0.15, -0.1) is 0 Å². The highest BCUT2D eigenvalue weighted by molar-refractivity contribution is 7.74. The van der Waals surface area contributed by atoms with Crippen molar-refractivity contribution in [1.82, 2.24) is 10.2 Å². The van der Waals surface area contributed by atoms with E-state index in [4.69, 9.17) is 4.55 Å². The van der Waals surface area contributed by atoms with Crippen molar-refractivity contribution < 1.29 is 17.8 Å². The molecule has 14 heavy (non-hydrogen) atoms. The molecule has 1 aliphatic rings. The second-order valence-electron chi connectivity index (χ2n) is 3.18. The monoisotopic (exact) mass is 222 g/mol. The van der Waals surface area contributed by atoms with Crippen LogP contribution in [0.15, 0.2) is 0 Å². The van der Waals surface area contributed by atoms with E-state index in [1.807, 2.05) is 0 Å². The van der Waals surface area contributed by atoms with Gasteiger partial charge in [-0.05, 0) is 12.8 Å². The van der Waals surface area contributed by atoms with Gasteiger partial charge < -0.3 is 0 Å². The molecule has 0 radical (unpaired) electrons. The van der Waals surface area contributed by atoms with Gasteiger partial charge >= 0.3 is 11.4 Å². The quantitative estimate of drug-likeness (QED) is 0.411. The van der Waals surface area contributed by atoms with Gasteiger partial charge in [-0.2, -0.15) is 8.49 Å². The molecule has 1 aliphatic carbocycles. The van der Waals surface area contributed by atoms with Gasteiger partial charge in [0.2, 0.25) is 6.41 Å². The maximum atomic E-state index is 10.7. The average Bonchev–Trinajstić information content (AvgIpc) is 2.57. The fourth-order valence-electron chi connectivity index (χ4n) is 1.68. The summed E-state index contributed by atoms with van der Waals surface area (Å²) in [7, 11) is 1.43. The summed E-state index contributed by atoms with van der Waals surface area (Å²) < 4.78 is 23.3. The fraction of sp³-hybridized carbons (Fsp3) is 0.857. The predicted molar refractivity (Wildman–Crippen MR) is 49.8 cm³/mol. The van der Waals surface area contributed by atoms with Crippen LogP contribution in [0.1, 0.15) is 25.7 Å². The minimum atomic E-state index is -2.39. The van der Waals surface area contributed by atoms with E-state index in [1.54, 1.807) is 0 Å². The van der Waals surface area contributed by atoms with Crippen LogP contribution in [0, 0.1) is 0 Å². The molecule has 1 rings (SSSR count). The maximum absolute atomic E-state index is 10.7. The van der Waals surface area contributed by atoms with Crippen LogP contribution >= 0.6 is 0 Å². The molecule has 0 aromatic rings. The Morgan fingerprint density at radius 2 is 2.07 bits per heavy atom. The van der Waals surface area contributed by atoms with Crippen molar-refractivity contribution in [3.63, 3.8) is 0 Å². The van der Waals surface area contributed by atoms with E-state index in [0.717, 1.165) is 30.9 Å². The van der Waals surface area contributed by atoms with Crippen LogP contribution in [0.2, 0.25) is 0 Å². The zero-order valence-corrected chi connectivity index (χ0v) is 8.77. The summed E-state index contributed by atoms with van der Waals surface area (Å²) in [5.74, 6) is 0. The van der Waals surface area contributed by atoms with Gasteiger partial charge in [0.1, 0.15) is 0 Å². The Kier molecular flexibility index (Phi) is 4.46. The zero-order chi connectivity index (χ0) is 10.6. The van der Waals surface area contributed by atoms with Crippen molar-refractivity contribution in [2.75, 3.05) is 7.05 Å². The topological polar surface area (TPSA) is 70.1 Å². The minimum Gasteiger partial charge on any atom is -0.283 e. The highest BCUT2D eigenvalue weighted by atomic mass is 32.2. The molecule has 1 unspecified atom stereocenters. The van der Waals surface area contributed by atoms with Gasteiger partial charge in [-0.25, -0.2) is 0 Å². The molecule has 6 nitrogen and oxygen atoms in total. The number of hydrazine groups is 1. The molecule has 0 heterocycles. The molecule has 1 N–H and O–H groups in total. The first-order valence-corrected chi connectivity index (χ1v) is 5.45. The van der Waals surface area contributed by atoms with E-state index in [-0.39, 0.29) is 6.04 Å². The zero-order valence-electron chi connectivity index (χ0n) is 7.96. The second kappa shape index (κ2) is 5.40. The van der Waals surface area contributed by atoms with Crippen LogP contribution < -0.4 is 0 Å².